The van der Waals surface area contributed by atoms with Crippen LogP contribution in [-0.4, -0.2) is 7.11 Å². The Hall–Kier alpha value is -0.720. The van der Waals surface area contributed by atoms with E-state index in [2.05, 4.69) is 61.6 Å². The van der Waals surface area contributed by atoms with E-state index in [0.717, 1.165) is 29.4 Å². The summed E-state index contributed by atoms with van der Waals surface area (Å²) in [5, 5.41) is 0. The third-order valence-corrected chi connectivity index (χ3v) is 14.9. The molecule has 1 nitrogen and oxygen atoms in total. The van der Waals surface area contributed by atoms with E-state index >= 15 is 0 Å². The van der Waals surface area contributed by atoms with Crippen LogP contribution in [0.5, 0.6) is 0 Å². The van der Waals surface area contributed by atoms with Crippen molar-refractivity contribution in [3.05, 3.63) is 24.5 Å². The highest BCUT2D eigenvalue weighted by molar-refractivity contribution is 5.25. The van der Waals surface area contributed by atoms with Crippen molar-refractivity contribution in [2.75, 3.05) is 7.11 Å². The summed E-state index contributed by atoms with van der Waals surface area (Å²) in [7, 11) is 1.87. The molecule has 11 atom stereocenters. The zero-order chi connectivity index (χ0) is 25.6. The number of allylic oxidation sites excluding steroid dienone is 2. The molecule has 0 aromatic carbocycles. The summed E-state index contributed by atoms with van der Waals surface area (Å²) in [5.74, 6) is 5.79. The van der Waals surface area contributed by atoms with Crippen LogP contribution < -0.4 is 0 Å². The van der Waals surface area contributed by atoms with Crippen molar-refractivity contribution in [3.8, 4) is 0 Å². The third kappa shape index (κ3) is 3.05. The van der Waals surface area contributed by atoms with E-state index in [1.165, 1.54) is 76.2 Å². The largest absolute Gasteiger partial charge is 0.501 e. The summed E-state index contributed by atoms with van der Waals surface area (Å²) < 4.78 is 5.97. The molecule has 3 unspecified atom stereocenters. The van der Waals surface area contributed by atoms with E-state index in [4.69, 9.17) is 4.74 Å². The molecule has 5 aliphatic rings. The van der Waals surface area contributed by atoms with Gasteiger partial charge in [-0.15, -0.1) is 0 Å². The lowest BCUT2D eigenvalue weighted by atomic mass is 9.31. The first-order valence-corrected chi connectivity index (χ1v) is 15.2. The smallest absolute Gasteiger partial charge is 0.0948 e. The van der Waals surface area contributed by atoms with E-state index in [1.54, 1.807) is 0 Å². The minimum absolute atomic E-state index is 0.175. The molecule has 0 aromatic rings. The van der Waals surface area contributed by atoms with Crippen molar-refractivity contribution in [1.82, 2.24) is 0 Å². The number of methoxy groups -OCH3 is 1. The molecule has 0 bridgehead atoms. The topological polar surface area (TPSA) is 9.23 Å². The minimum atomic E-state index is 0.175. The van der Waals surface area contributed by atoms with Crippen LogP contribution >= 0.6 is 0 Å². The molecule has 5 rings (SSSR count). The van der Waals surface area contributed by atoms with Gasteiger partial charge in [-0.2, -0.15) is 0 Å². The lowest BCUT2D eigenvalue weighted by molar-refractivity contribution is -0.243. The van der Waals surface area contributed by atoms with Crippen LogP contribution in [0.25, 0.3) is 0 Å². The fourth-order valence-electron chi connectivity index (χ4n) is 12.4. The molecular weight excluding hydrogens is 424 g/mol. The van der Waals surface area contributed by atoms with E-state index in [0.29, 0.717) is 33.5 Å². The molecule has 0 saturated heterocycles. The first-order valence-electron chi connectivity index (χ1n) is 15.2. The Morgan fingerprint density at radius 1 is 0.829 bits per heavy atom. The molecular formula is C34H56O. The summed E-state index contributed by atoms with van der Waals surface area (Å²) in [6.45, 7) is 27.4. The average Bonchev–Trinajstić information content (AvgIpc) is 3.23. The number of hydrogen-bond acceptors (Lipinski definition) is 1. The van der Waals surface area contributed by atoms with Crippen molar-refractivity contribution >= 4 is 0 Å². The quantitative estimate of drug-likeness (QED) is 0.287. The Morgan fingerprint density at radius 3 is 2.17 bits per heavy atom. The van der Waals surface area contributed by atoms with Gasteiger partial charge >= 0.3 is 0 Å². The maximum absolute atomic E-state index is 5.97. The summed E-state index contributed by atoms with van der Waals surface area (Å²) in [6.07, 6.45) is 15.1. The molecule has 0 spiro atoms. The van der Waals surface area contributed by atoms with E-state index in [-0.39, 0.29) is 5.41 Å². The molecule has 0 radical (unpaired) electrons. The molecule has 0 N–H and O–H groups in total. The van der Waals surface area contributed by atoms with Gasteiger partial charge in [0.1, 0.15) is 0 Å². The molecule has 5 saturated carbocycles. The predicted molar refractivity (Wildman–Crippen MR) is 149 cm³/mol. The number of ether oxygens (including phenoxy) is 1. The second-order valence-electron chi connectivity index (χ2n) is 15.3. The van der Waals surface area contributed by atoms with E-state index < -0.39 is 0 Å². The van der Waals surface area contributed by atoms with Crippen molar-refractivity contribution in [1.29, 1.82) is 0 Å². The summed E-state index contributed by atoms with van der Waals surface area (Å²) in [4.78, 5) is 0. The van der Waals surface area contributed by atoms with E-state index in [9.17, 15) is 0 Å². The van der Waals surface area contributed by atoms with Gasteiger partial charge in [0.05, 0.1) is 12.9 Å². The van der Waals surface area contributed by atoms with Crippen LogP contribution in [0.4, 0.5) is 0 Å². The van der Waals surface area contributed by atoms with Crippen molar-refractivity contribution in [2.45, 2.75) is 119 Å². The standard InChI is InChI=1S/C34H56O/c1-11-30(6)23(4)14-17-31(7)27(30)16-18-33(9)28(31)13-12-26-29-25(22(2)3)15-19-34(29,24(5)35-10)21-20-32(26,33)8/h23,25-29H,2,5,11-21H2,1,3-4,6-10H3/t23-,25-,26?,27-,28?,29?,30+,31-,32+,33+,34+/m0/s1. The second kappa shape index (κ2) is 8.14. The zero-order valence-electron chi connectivity index (χ0n) is 24.6. The van der Waals surface area contributed by atoms with Crippen LogP contribution in [0.1, 0.15) is 119 Å². The summed E-state index contributed by atoms with van der Waals surface area (Å²) >= 11 is 0. The van der Waals surface area contributed by atoms with Gasteiger partial charge in [-0.05, 0) is 128 Å². The normalized spacial score (nSPS) is 55.2. The van der Waals surface area contributed by atoms with Gasteiger partial charge in [-0.1, -0.05) is 66.7 Å². The van der Waals surface area contributed by atoms with Gasteiger partial charge in [0.25, 0.3) is 0 Å². The van der Waals surface area contributed by atoms with Gasteiger partial charge in [-0.25, -0.2) is 0 Å². The van der Waals surface area contributed by atoms with Crippen LogP contribution in [0.3, 0.4) is 0 Å². The Kier molecular flexibility index (Phi) is 6.02. The Labute approximate surface area is 217 Å². The maximum Gasteiger partial charge on any atom is 0.0948 e. The fraction of sp³-hybridized carbons (Fsp3) is 0.882. The predicted octanol–water partition coefficient (Wildman–Crippen LogP) is 9.83. The van der Waals surface area contributed by atoms with Gasteiger partial charge in [0.2, 0.25) is 0 Å². The van der Waals surface area contributed by atoms with Crippen LogP contribution in [0.2, 0.25) is 0 Å². The minimum Gasteiger partial charge on any atom is -0.501 e. The average molecular weight is 481 g/mol. The molecule has 5 aliphatic carbocycles. The van der Waals surface area contributed by atoms with Crippen molar-refractivity contribution in [2.24, 2.45) is 62.6 Å². The second-order valence-corrected chi connectivity index (χ2v) is 15.3. The van der Waals surface area contributed by atoms with Crippen LogP contribution in [0, 0.1) is 62.6 Å². The van der Waals surface area contributed by atoms with Crippen molar-refractivity contribution in [3.63, 3.8) is 0 Å². The van der Waals surface area contributed by atoms with Gasteiger partial charge in [-0.3, -0.25) is 0 Å². The Balaban J connectivity index is 1.56. The maximum atomic E-state index is 5.97. The van der Waals surface area contributed by atoms with Crippen LogP contribution in [0.15, 0.2) is 24.5 Å². The Morgan fingerprint density at radius 2 is 1.54 bits per heavy atom. The summed E-state index contributed by atoms with van der Waals surface area (Å²) in [6, 6.07) is 0. The highest BCUT2D eigenvalue weighted by atomic mass is 16.5. The van der Waals surface area contributed by atoms with Gasteiger partial charge in [0, 0.05) is 5.41 Å². The molecule has 0 heterocycles. The van der Waals surface area contributed by atoms with E-state index in [1.807, 2.05) is 7.11 Å². The Bertz CT molecular complexity index is 887. The first-order chi connectivity index (χ1) is 16.4. The van der Waals surface area contributed by atoms with Crippen molar-refractivity contribution < 1.29 is 4.74 Å². The molecule has 35 heavy (non-hydrogen) atoms. The molecule has 198 valence electrons. The molecule has 0 aromatic heterocycles. The number of hydrogen-bond donors (Lipinski definition) is 0. The molecule has 0 aliphatic heterocycles. The molecule has 5 fully saturated rings. The third-order valence-electron chi connectivity index (χ3n) is 14.9. The fourth-order valence-corrected chi connectivity index (χ4v) is 12.4. The molecule has 1 heteroatoms. The lowest BCUT2D eigenvalue weighted by Crippen LogP contribution is -2.66. The van der Waals surface area contributed by atoms with Crippen LogP contribution in [-0.2, 0) is 4.74 Å². The monoisotopic (exact) mass is 480 g/mol. The van der Waals surface area contributed by atoms with Gasteiger partial charge < -0.3 is 4.74 Å². The number of rotatable bonds is 4. The SMILES string of the molecule is C=C(C)[C@@H]1CC[C@]2(C(=C)OC)CC[C@]3(C)C(CCC4[C@@]5(C)CC[C@H](C)[C@@](C)(CC)[C@@H]5CC[C@]43C)C12. The first kappa shape index (κ1) is 25.9. The lowest BCUT2D eigenvalue weighted by Gasteiger charge is -2.73. The highest BCUT2D eigenvalue weighted by Crippen LogP contribution is 2.78. The molecule has 0 amide bonds. The highest BCUT2D eigenvalue weighted by Gasteiger charge is 2.71. The van der Waals surface area contributed by atoms with Gasteiger partial charge in [0.15, 0.2) is 0 Å². The zero-order valence-corrected chi connectivity index (χ0v) is 24.6. The number of fused-ring (bicyclic) bond motifs is 7. The summed E-state index contributed by atoms with van der Waals surface area (Å²) in [5.41, 5.74) is 3.46.